The number of halogens is 3. The molecule has 1 aromatic heterocycles. The van der Waals surface area contributed by atoms with Gasteiger partial charge in [-0.05, 0) is 67.6 Å². The molecule has 5 rings (SSSR count). The Bertz CT molecular complexity index is 1630. The molecule has 1 aliphatic rings. The minimum Gasteiger partial charge on any atom is -0.333 e. The molecule has 2 heterocycles. The van der Waals surface area contributed by atoms with Crippen LogP contribution in [-0.4, -0.2) is 28.2 Å². The van der Waals surface area contributed by atoms with Crippen LogP contribution in [0.2, 0.25) is 0 Å². The summed E-state index contributed by atoms with van der Waals surface area (Å²) in [5.74, 6) is -2.76. The number of aryl methyl sites for hydroxylation is 2. The number of hydrogen-bond acceptors (Lipinski definition) is 5. The van der Waals surface area contributed by atoms with Gasteiger partial charge in [0, 0.05) is 22.4 Å². The molecule has 0 saturated carbocycles. The van der Waals surface area contributed by atoms with Gasteiger partial charge in [0.25, 0.3) is 5.91 Å². The van der Waals surface area contributed by atoms with Crippen LogP contribution in [0.15, 0.2) is 59.8 Å². The second kappa shape index (κ2) is 10.4. The highest BCUT2D eigenvalue weighted by Crippen LogP contribution is 2.39. The fraction of sp³-hybridized carbons (Fsp3) is 0.143. The van der Waals surface area contributed by atoms with Crippen LogP contribution in [0.5, 0.6) is 0 Å². The van der Waals surface area contributed by atoms with Gasteiger partial charge in [0.05, 0.1) is 12.2 Å². The fourth-order valence-corrected chi connectivity index (χ4v) is 4.62. The number of carbonyl (C=O) groups is 2. The molecule has 2 N–H and O–H groups in total. The summed E-state index contributed by atoms with van der Waals surface area (Å²) in [5.41, 5.74) is 2.76. The van der Waals surface area contributed by atoms with Crippen molar-refractivity contribution in [1.29, 1.82) is 0 Å². The highest BCUT2D eigenvalue weighted by atomic mass is 32.2. The lowest BCUT2D eigenvalue weighted by Gasteiger charge is -2.30. The molecule has 11 heteroatoms. The van der Waals surface area contributed by atoms with Gasteiger partial charge in [-0.1, -0.05) is 30.0 Å². The van der Waals surface area contributed by atoms with E-state index >= 15 is 0 Å². The number of nitrogens with zero attached hydrogens (tertiary/aromatic N) is 3. The molecule has 198 valence electrons. The van der Waals surface area contributed by atoms with E-state index in [0.29, 0.717) is 28.1 Å². The van der Waals surface area contributed by atoms with Crippen LogP contribution in [0.4, 0.5) is 35.2 Å². The Morgan fingerprint density at radius 2 is 1.69 bits per heavy atom. The Hall–Kier alpha value is -4.38. The van der Waals surface area contributed by atoms with Crippen molar-refractivity contribution in [3.63, 3.8) is 0 Å². The van der Waals surface area contributed by atoms with Gasteiger partial charge in [-0.2, -0.15) is 0 Å². The lowest BCUT2D eigenvalue weighted by Crippen LogP contribution is -2.43. The van der Waals surface area contributed by atoms with E-state index in [0.717, 1.165) is 22.6 Å². The third-order valence-electron chi connectivity index (χ3n) is 6.32. The molecule has 0 spiro atoms. The zero-order chi connectivity index (χ0) is 27.8. The predicted octanol–water partition coefficient (Wildman–Crippen LogP) is 6.51. The quantitative estimate of drug-likeness (QED) is 0.219. The Morgan fingerprint density at radius 3 is 2.38 bits per heavy atom. The molecule has 7 nitrogen and oxygen atoms in total. The van der Waals surface area contributed by atoms with Gasteiger partial charge in [0.1, 0.15) is 23.1 Å². The Labute approximate surface area is 226 Å². The third-order valence-corrected chi connectivity index (χ3v) is 6.87. The summed E-state index contributed by atoms with van der Waals surface area (Å²) in [6.07, 6.45) is 1.74. The molecular weight excluding hydrogens is 527 g/mol. The third kappa shape index (κ3) is 4.92. The average Bonchev–Trinajstić information content (AvgIpc) is 2.91. The smallest absolute Gasteiger partial charge is 0.328 e. The number of rotatable bonds is 5. The summed E-state index contributed by atoms with van der Waals surface area (Å²) in [5, 5.41) is 5.70. The number of fused-ring (bicyclic) bond motifs is 1. The fourth-order valence-electron chi connectivity index (χ4n) is 4.26. The number of anilines is 3. The summed E-state index contributed by atoms with van der Waals surface area (Å²) < 4.78 is 43.5. The average molecular weight is 550 g/mol. The standard InChI is InChI=1S/C28H22F3N5O2S/c1-14-8-10-17(33-26(37)16-9-7-15(2)22(31)11-16)12-18(14)23-19-13-32-28(38)36(25(19)35-27(34-23)39-3)24-20(29)5-4-6-21(24)30/h4-12H,13H2,1-3H3,(H,32,38)(H,33,37). The van der Waals surface area contributed by atoms with Crippen molar-refractivity contribution in [2.75, 3.05) is 16.5 Å². The number of benzene rings is 3. The van der Waals surface area contributed by atoms with E-state index in [1.165, 1.54) is 36.0 Å². The van der Waals surface area contributed by atoms with Crippen LogP contribution in [0, 0.1) is 31.3 Å². The molecule has 39 heavy (non-hydrogen) atoms. The van der Waals surface area contributed by atoms with Gasteiger partial charge in [-0.3, -0.25) is 4.79 Å². The van der Waals surface area contributed by atoms with Crippen molar-refractivity contribution < 1.29 is 22.8 Å². The number of thioether (sulfide) groups is 1. The lowest BCUT2D eigenvalue weighted by molar-refractivity contribution is 0.102. The maximum Gasteiger partial charge on any atom is 0.328 e. The molecule has 0 atom stereocenters. The molecule has 3 amide bonds. The molecule has 0 aliphatic carbocycles. The Balaban J connectivity index is 1.61. The van der Waals surface area contributed by atoms with Crippen molar-refractivity contribution in [2.24, 2.45) is 0 Å². The predicted molar refractivity (Wildman–Crippen MR) is 144 cm³/mol. The lowest BCUT2D eigenvalue weighted by atomic mass is 9.99. The van der Waals surface area contributed by atoms with Crippen LogP contribution in [0.3, 0.4) is 0 Å². The van der Waals surface area contributed by atoms with Crippen molar-refractivity contribution in [1.82, 2.24) is 15.3 Å². The van der Waals surface area contributed by atoms with Crippen molar-refractivity contribution >= 4 is 40.9 Å². The van der Waals surface area contributed by atoms with Gasteiger partial charge in [0.2, 0.25) is 0 Å². The molecule has 0 saturated heterocycles. The van der Waals surface area contributed by atoms with Crippen LogP contribution in [0.1, 0.15) is 27.0 Å². The normalized spacial score (nSPS) is 12.7. The monoisotopic (exact) mass is 549 g/mol. The summed E-state index contributed by atoms with van der Waals surface area (Å²) in [6.45, 7) is 3.47. The van der Waals surface area contributed by atoms with Gasteiger partial charge in [-0.25, -0.2) is 32.8 Å². The first-order valence-corrected chi connectivity index (χ1v) is 13.1. The van der Waals surface area contributed by atoms with Gasteiger partial charge in [-0.15, -0.1) is 0 Å². The van der Waals surface area contributed by atoms with E-state index in [9.17, 15) is 22.8 Å². The van der Waals surface area contributed by atoms with E-state index in [1.807, 2.05) is 6.92 Å². The molecule has 0 bridgehead atoms. The van der Waals surface area contributed by atoms with E-state index in [4.69, 9.17) is 0 Å². The number of amides is 3. The van der Waals surface area contributed by atoms with Gasteiger partial charge < -0.3 is 10.6 Å². The summed E-state index contributed by atoms with van der Waals surface area (Å²) in [7, 11) is 0. The zero-order valence-electron chi connectivity index (χ0n) is 21.1. The van der Waals surface area contributed by atoms with Crippen LogP contribution < -0.4 is 15.5 Å². The molecule has 1 aliphatic heterocycles. The van der Waals surface area contributed by atoms with Gasteiger partial charge in [0.15, 0.2) is 11.0 Å². The second-order valence-electron chi connectivity index (χ2n) is 8.87. The number of nitrogens with one attached hydrogen (secondary N) is 2. The number of hydrogen-bond donors (Lipinski definition) is 2. The van der Waals surface area contributed by atoms with Crippen LogP contribution in [-0.2, 0) is 6.54 Å². The zero-order valence-corrected chi connectivity index (χ0v) is 21.9. The van der Waals surface area contributed by atoms with Crippen molar-refractivity contribution in [3.05, 3.63) is 94.3 Å². The number of carbonyl (C=O) groups excluding carboxylic acids is 2. The van der Waals surface area contributed by atoms with E-state index < -0.39 is 35.1 Å². The topological polar surface area (TPSA) is 87.2 Å². The summed E-state index contributed by atoms with van der Waals surface area (Å²) in [4.78, 5) is 35.7. The van der Waals surface area contributed by atoms with Gasteiger partial charge >= 0.3 is 6.03 Å². The van der Waals surface area contributed by atoms with E-state index in [1.54, 1.807) is 31.4 Å². The van der Waals surface area contributed by atoms with Crippen molar-refractivity contribution in [3.8, 4) is 11.3 Å². The maximum absolute atomic E-state index is 14.8. The minimum absolute atomic E-state index is 0.0173. The molecule has 0 radical (unpaired) electrons. The highest BCUT2D eigenvalue weighted by Gasteiger charge is 2.34. The SMILES string of the molecule is CSc1nc(-c2cc(NC(=O)c3ccc(C)c(F)c3)ccc2C)c2c(n1)N(c1c(F)cccc1F)C(=O)NC2. The molecule has 0 unspecified atom stereocenters. The molecular formula is C28H22F3N5O2S. The number of para-hydroxylation sites is 1. The minimum atomic E-state index is -0.919. The Morgan fingerprint density at radius 1 is 0.974 bits per heavy atom. The van der Waals surface area contributed by atoms with E-state index in [-0.39, 0.29) is 23.1 Å². The van der Waals surface area contributed by atoms with Crippen molar-refractivity contribution in [2.45, 2.75) is 25.5 Å². The first kappa shape index (κ1) is 26.2. The second-order valence-corrected chi connectivity index (χ2v) is 9.65. The molecule has 0 fully saturated rings. The highest BCUT2D eigenvalue weighted by molar-refractivity contribution is 7.98. The van der Waals surface area contributed by atoms with E-state index in [2.05, 4.69) is 20.6 Å². The Kier molecular flexibility index (Phi) is 7.00. The largest absolute Gasteiger partial charge is 0.333 e. The van der Waals surface area contributed by atoms with Crippen LogP contribution >= 0.6 is 11.8 Å². The molecule has 4 aromatic rings. The molecule has 3 aromatic carbocycles. The summed E-state index contributed by atoms with van der Waals surface area (Å²) >= 11 is 1.20. The number of urea groups is 1. The number of aromatic nitrogens is 2. The first-order chi connectivity index (χ1) is 18.7. The first-order valence-electron chi connectivity index (χ1n) is 11.8. The van der Waals surface area contributed by atoms with Crippen LogP contribution in [0.25, 0.3) is 11.3 Å². The maximum atomic E-state index is 14.8. The summed E-state index contributed by atoms with van der Waals surface area (Å²) in [6, 6.07) is 12.0.